The lowest BCUT2D eigenvalue weighted by molar-refractivity contribution is -0.127. The van der Waals surface area contributed by atoms with E-state index in [0.29, 0.717) is 37.9 Å². The molecule has 6 heteroatoms. The largest absolute Gasteiger partial charge is 0.465 e. The number of nitrogens with one attached hydrogen (secondary N) is 2. The Morgan fingerprint density at radius 3 is 2.56 bits per heavy atom. The van der Waals surface area contributed by atoms with Crippen LogP contribution in [0, 0.1) is 5.92 Å². The predicted octanol–water partition coefficient (Wildman–Crippen LogP) is 3.03. The van der Waals surface area contributed by atoms with Gasteiger partial charge in [-0.2, -0.15) is 0 Å². The molecule has 1 aliphatic heterocycles. The standard InChI is InChI=1S/C21H25N3O3/c25-20(9-8-19-7-4-14-27-19)24-12-10-18(11-13-24)16-23-21(26)22-15-17-5-2-1-3-6-17/h1-9,14,18H,10-13,15-16H2,(H2,22,23,26)/b9-8+. The molecule has 0 aliphatic carbocycles. The van der Waals surface area contributed by atoms with Crippen LogP contribution >= 0.6 is 0 Å². The number of carbonyl (C=O) groups excluding carboxylic acids is 2. The first-order chi connectivity index (χ1) is 13.2. The summed E-state index contributed by atoms with van der Waals surface area (Å²) in [5.41, 5.74) is 1.07. The fraction of sp³-hybridized carbons (Fsp3) is 0.333. The van der Waals surface area contributed by atoms with Crippen molar-refractivity contribution in [3.8, 4) is 0 Å². The van der Waals surface area contributed by atoms with Crippen LogP contribution in [0.1, 0.15) is 24.2 Å². The third-order valence-electron chi connectivity index (χ3n) is 4.71. The van der Waals surface area contributed by atoms with Gasteiger partial charge >= 0.3 is 6.03 Å². The van der Waals surface area contributed by atoms with Gasteiger partial charge in [-0.1, -0.05) is 30.3 Å². The summed E-state index contributed by atoms with van der Waals surface area (Å²) in [4.78, 5) is 26.0. The first kappa shape index (κ1) is 18.8. The van der Waals surface area contributed by atoms with Crippen molar-refractivity contribution in [2.45, 2.75) is 19.4 Å². The smallest absolute Gasteiger partial charge is 0.315 e. The van der Waals surface area contributed by atoms with E-state index in [0.717, 1.165) is 18.4 Å². The summed E-state index contributed by atoms with van der Waals surface area (Å²) >= 11 is 0. The second-order valence-electron chi connectivity index (χ2n) is 6.67. The molecule has 0 spiro atoms. The van der Waals surface area contributed by atoms with Gasteiger partial charge in [0.05, 0.1) is 6.26 Å². The van der Waals surface area contributed by atoms with Gasteiger partial charge in [0.25, 0.3) is 0 Å². The molecule has 0 unspecified atom stereocenters. The Hall–Kier alpha value is -3.02. The van der Waals surface area contributed by atoms with E-state index in [1.165, 1.54) is 0 Å². The molecule has 1 aliphatic rings. The Labute approximate surface area is 159 Å². The Kier molecular flexibility index (Phi) is 6.68. The van der Waals surface area contributed by atoms with Gasteiger partial charge in [-0.15, -0.1) is 0 Å². The zero-order valence-electron chi connectivity index (χ0n) is 15.3. The minimum atomic E-state index is -0.154. The number of nitrogens with zero attached hydrogens (tertiary/aromatic N) is 1. The summed E-state index contributed by atoms with van der Waals surface area (Å²) < 4.78 is 5.19. The first-order valence-electron chi connectivity index (χ1n) is 9.27. The fourth-order valence-corrected chi connectivity index (χ4v) is 3.08. The molecule has 142 valence electrons. The number of amides is 3. The summed E-state index contributed by atoms with van der Waals surface area (Å²) in [5.74, 6) is 1.06. The van der Waals surface area contributed by atoms with Crippen LogP contribution in [-0.2, 0) is 11.3 Å². The number of piperidine rings is 1. The molecule has 1 aromatic heterocycles. The fourth-order valence-electron chi connectivity index (χ4n) is 3.08. The molecule has 0 atom stereocenters. The molecule has 1 aromatic carbocycles. The number of furan rings is 1. The summed E-state index contributed by atoms with van der Waals surface area (Å²) in [6, 6.07) is 13.3. The molecule has 2 aromatic rings. The molecule has 3 amide bonds. The summed E-state index contributed by atoms with van der Waals surface area (Å²) in [7, 11) is 0. The van der Waals surface area contributed by atoms with Crippen molar-refractivity contribution in [1.29, 1.82) is 0 Å². The van der Waals surface area contributed by atoms with E-state index in [9.17, 15) is 9.59 Å². The maximum atomic E-state index is 12.2. The number of likely N-dealkylation sites (tertiary alicyclic amines) is 1. The summed E-state index contributed by atoms with van der Waals surface area (Å²) in [6.07, 6.45) is 6.60. The van der Waals surface area contributed by atoms with Gasteiger partial charge < -0.3 is 20.0 Å². The van der Waals surface area contributed by atoms with Crippen molar-refractivity contribution in [1.82, 2.24) is 15.5 Å². The Balaban J connectivity index is 1.33. The lowest BCUT2D eigenvalue weighted by Crippen LogP contribution is -2.43. The van der Waals surface area contributed by atoms with E-state index in [-0.39, 0.29) is 11.9 Å². The van der Waals surface area contributed by atoms with Crippen molar-refractivity contribution >= 4 is 18.0 Å². The Morgan fingerprint density at radius 1 is 1.07 bits per heavy atom. The van der Waals surface area contributed by atoms with Gasteiger partial charge in [-0.05, 0) is 42.5 Å². The molecule has 0 bridgehead atoms. The SMILES string of the molecule is O=C(NCc1ccccc1)NCC1CCN(C(=O)/C=C/c2ccco2)CC1. The molecule has 1 fully saturated rings. The normalized spacial score (nSPS) is 15.0. The van der Waals surface area contributed by atoms with Crippen molar-refractivity contribution in [2.24, 2.45) is 5.92 Å². The van der Waals surface area contributed by atoms with Gasteiger partial charge in [-0.25, -0.2) is 4.79 Å². The Bertz CT molecular complexity index is 748. The third-order valence-corrected chi connectivity index (χ3v) is 4.71. The van der Waals surface area contributed by atoms with Gasteiger partial charge in [0.15, 0.2) is 0 Å². The molecule has 6 nitrogen and oxygen atoms in total. The number of hydrogen-bond donors (Lipinski definition) is 2. The highest BCUT2D eigenvalue weighted by atomic mass is 16.3. The van der Waals surface area contributed by atoms with Crippen LogP contribution in [0.5, 0.6) is 0 Å². The molecule has 27 heavy (non-hydrogen) atoms. The van der Waals surface area contributed by atoms with Crippen LogP contribution in [0.2, 0.25) is 0 Å². The number of rotatable bonds is 6. The van der Waals surface area contributed by atoms with Crippen LogP contribution in [0.15, 0.2) is 59.2 Å². The van der Waals surface area contributed by atoms with Crippen LogP contribution in [0.25, 0.3) is 6.08 Å². The van der Waals surface area contributed by atoms with Gasteiger partial charge in [0.2, 0.25) is 5.91 Å². The van der Waals surface area contributed by atoms with Crippen molar-refractivity contribution in [2.75, 3.05) is 19.6 Å². The molecule has 3 rings (SSSR count). The monoisotopic (exact) mass is 367 g/mol. The molecule has 1 saturated heterocycles. The van der Waals surface area contributed by atoms with Crippen molar-refractivity contribution < 1.29 is 14.0 Å². The average molecular weight is 367 g/mol. The van der Waals surface area contributed by atoms with E-state index in [1.54, 1.807) is 24.5 Å². The highest BCUT2D eigenvalue weighted by Crippen LogP contribution is 2.17. The summed E-state index contributed by atoms with van der Waals surface area (Å²) in [6.45, 7) is 2.56. The summed E-state index contributed by atoms with van der Waals surface area (Å²) in [5, 5.41) is 5.79. The van der Waals surface area contributed by atoms with Crippen molar-refractivity contribution in [3.63, 3.8) is 0 Å². The molecule has 0 radical (unpaired) electrons. The van der Waals surface area contributed by atoms with E-state index in [1.807, 2.05) is 41.3 Å². The van der Waals surface area contributed by atoms with Gasteiger partial charge in [0.1, 0.15) is 5.76 Å². The second-order valence-corrected chi connectivity index (χ2v) is 6.67. The number of urea groups is 1. The molecule has 2 heterocycles. The van der Waals surface area contributed by atoms with Crippen LogP contribution < -0.4 is 10.6 Å². The highest BCUT2D eigenvalue weighted by Gasteiger charge is 2.21. The average Bonchev–Trinajstić information content (AvgIpc) is 3.24. The minimum absolute atomic E-state index is 0.00147. The predicted molar refractivity (Wildman–Crippen MR) is 104 cm³/mol. The first-order valence-corrected chi connectivity index (χ1v) is 9.27. The molecular formula is C21H25N3O3. The van der Waals surface area contributed by atoms with Crippen LogP contribution in [0.3, 0.4) is 0 Å². The topological polar surface area (TPSA) is 74.6 Å². The molecular weight excluding hydrogens is 342 g/mol. The van der Waals surface area contributed by atoms with Crippen molar-refractivity contribution in [3.05, 3.63) is 66.1 Å². The lowest BCUT2D eigenvalue weighted by Gasteiger charge is -2.31. The van der Waals surface area contributed by atoms with Gasteiger partial charge in [0, 0.05) is 32.3 Å². The van der Waals surface area contributed by atoms with E-state index >= 15 is 0 Å². The number of benzene rings is 1. The zero-order chi connectivity index (χ0) is 18.9. The molecule has 2 N–H and O–H groups in total. The number of hydrogen-bond acceptors (Lipinski definition) is 3. The second kappa shape index (κ2) is 9.62. The third kappa shape index (κ3) is 6.02. The molecule has 0 saturated carbocycles. The quantitative estimate of drug-likeness (QED) is 0.771. The minimum Gasteiger partial charge on any atom is -0.465 e. The maximum absolute atomic E-state index is 12.2. The van der Waals surface area contributed by atoms with Crippen LogP contribution in [-0.4, -0.2) is 36.5 Å². The maximum Gasteiger partial charge on any atom is 0.315 e. The highest BCUT2D eigenvalue weighted by molar-refractivity contribution is 5.91. The van der Waals surface area contributed by atoms with E-state index in [2.05, 4.69) is 10.6 Å². The lowest BCUT2D eigenvalue weighted by atomic mass is 9.97. The van der Waals surface area contributed by atoms with E-state index in [4.69, 9.17) is 4.42 Å². The van der Waals surface area contributed by atoms with E-state index < -0.39 is 0 Å². The number of carbonyl (C=O) groups is 2. The Morgan fingerprint density at radius 2 is 1.85 bits per heavy atom. The van der Waals surface area contributed by atoms with Crippen LogP contribution in [0.4, 0.5) is 4.79 Å². The van der Waals surface area contributed by atoms with Gasteiger partial charge in [-0.3, -0.25) is 4.79 Å². The zero-order valence-corrected chi connectivity index (χ0v) is 15.3.